The molecule has 0 amide bonds. The molecule has 1 aromatic heterocycles. The molecule has 0 aliphatic carbocycles. The number of unbranched alkanes of at least 4 members (excludes halogenated alkanes) is 1. The first-order valence-corrected chi connectivity index (χ1v) is 5.44. The van der Waals surface area contributed by atoms with Crippen LogP contribution < -0.4 is 10.5 Å². The van der Waals surface area contributed by atoms with E-state index in [1.54, 1.807) is 13.3 Å². The SMILES string of the molecule is C#CCCCC(N)Cc1ccc(OC)nc1. The first-order chi connectivity index (χ1) is 7.76. The van der Waals surface area contributed by atoms with E-state index in [-0.39, 0.29) is 6.04 Å². The van der Waals surface area contributed by atoms with Gasteiger partial charge in [0.1, 0.15) is 0 Å². The largest absolute Gasteiger partial charge is 0.481 e. The molecule has 0 bridgehead atoms. The summed E-state index contributed by atoms with van der Waals surface area (Å²) in [6.07, 6.45) is 10.6. The summed E-state index contributed by atoms with van der Waals surface area (Å²) in [5, 5.41) is 0. The fraction of sp³-hybridized carbons (Fsp3) is 0.462. The van der Waals surface area contributed by atoms with Gasteiger partial charge >= 0.3 is 0 Å². The Balaban J connectivity index is 2.37. The minimum Gasteiger partial charge on any atom is -0.481 e. The number of ether oxygens (including phenoxy) is 1. The number of pyridine rings is 1. The van der Waals surface area contributed by atoms with Crippen molar-refractivity contribution >= 4 is 0 Å². The van der Waals surface area contributed by atoms with E-state index in [1.165, 1.54) is 0 Å². The summed E-state index contributed by atoms with van der Waals surface area (Å²) < 4.78 is 4.99. The lowest BCUT2D eigenvalue weighted by molar-refractivity contribution is 0.397. The number of terminal acetylenes is 1. The molecule has 2 N–H and O–H groups in total. The van der Waals surface area contributed by atoms with Crippen LogP contribution in [0.4, 0.5) is 0 Å². The van der Waals surface area contributed by atoms with Crippen molar-refractivity contribution in [2.24, 2.45) is 5.73 Å². The average molecular weight is 218 g/mol. The van der Waals surface area contributed by atoms with E-state index in [0.717, 1.165) is 31.2 Å². The maximum Gasteiger partial charge on any atom is 0.212 e. The first kappa shape index (κ1) is 12.5. The normalized spacial score (nSPS) is 11.8. The van der Waals surface area contributed by atoms with Crippen LogP contribution in [0.25, 0.3) is 0 Å². The van der Waals surface area contributed by atoms with Crippen molar-refractivity contribution in [3.05, 3.63) is 23.9 Å². The molecule has 1 aromatic rings. The average Bonchev–Trinajstić information content (AvgIpc) is 2.30. The molecule has 1 heterocycles. The Hall–Kier alpha value is -1.53. The van der Waals surface area contributed by atoms with Gasteiger partial charge in [0.05, 0.1) is 7.11 Å². The van der Waals surface area contributed by atoms with Crippen molar-refractivity contribution in [2.45, 2.75) is 31.7 Å². The Morgan fingerprint density at radius 3 is 2.94 bits per heavy atom. The zero-order valence-electron chi connectivity index (χ0n) is 9.65. The highest BCUT2D eigenvalue weighted by molar-refractivity contribution is 5.18. The molecule has 1 unspecified atom stereocenters. The first-order valence-electron chi connectivity index (χ1n) is 5.44. The maximum absolute atomic E-state index is 5.99. The summed E-state index contributed by atoms with van der Waals surface area (Å²) in [4.78, 5) is 4.14. The van der Waals surface area contributed by atoms with E-state index >= 15 is 0 Å². The molecule has 0 aromatic carbocycles. The Bertz CT molecular complexity index is 340. The Morgan fingerprint density at radius 2 is 2.38 bits per heavy atom. The summed E-state index contributed by atoms with van der Waals surface area (Å²) in [7, 11) is 1.60. The Kier molecular flexibility index (Phi) is 5.38. The molecule has 86 valence electrons. The highest BCUT2D eigenvalue weighted by Gasteiger charge is 2.04. The van der Waals surface area contributed by atoms with Gasteiger partial charge < -0.3 is 10.5 Å². The molecule has 0 saturated heterocycles. The van der Waals surface area contributed by atoms with E-state index in [9.17, 15) is 0 Å². The summed E-state index contributed by atoms with van der Waals surface area (Å²) in [5.74, 6) is 3.25. The zero-order chi connectivity index (χ0) is 11.8. The highest BCUT2D eigenvalue weighted by Crippen LogP contribution is 2.10. The van der Waals surface area contributed by atoms with Crippen molar-refractivity contribution in [1.82, 2.24) is 4.98 Å². The number of methoxy groups -OCH3 is 1. The van der Waals surface area contributed by atoms with Crippen molar-refractivity contribution in [1.29, 1.82) is 0 Å². The topological polar surface area (TPSA) is 48.1 Å². The molecule has 0 saturated carbocycles. The van der Waals surface area contributed by atoms with Crippen LogP contribution in [0.15, 0.2) is 18.3 Å². The van der Waals surface area contributed by atoms with Crippen LogP contribution in [0.5, 0.6) is 5.88 Å². The molecular weight excluding hydrogens is 200 g/mol. The third-order valence-electron chi connectivity index (χ3n) is 2.40. The Labute approximate surface area is 97.0 Å². The van der Waals surface area contributed by atoms with Gasteiger partial charge in [0.2, 0.25) is 5.88 Å². The lowest BCUT2D eigenvalue weighted by Gasteiger charge is -2.10. The quantitative estimate of drug-likeness (QED) is 0.584. The van der Waals surface area contributed by atoms with Crippen LogP contribution in [-0.2, 0) is 6.42 Å². The van der Waals surface area contributed by atoms with Crippen LogP contribution in [0.3, 0.4) is 0 Å². The van der Waals surface area contributed by atoms with Gasteiger partial charge in [-0.25, -0.2) is 4.98 Å². The van der Waals surface area contributed by atoms with Crippen molar-refractivity contribution < 1.29 is 4.74 Å². The number of hydrogen-bond donors (Lipinski definition) is 1. The summed E-state index contributed by atoms with van der Waals surface area (Å²) >= 11 is 0. The second kappa shape index (κ2) is 6.86. The molecule has 3 nitrogen and oxygen atoms in total. The molecule has 1 rings (SSSR count). The smallest absolute Gasteiger partial charge is 0.212 e. The van der Waals surface area contributed by atoms with Gasteiger partial charge in [-0.1, -0.05) is 6.07 Å². The monoisotopic (exact) mass is 218 g/mol. The van der Waals surface area contributed by atoms with Gasteiger partial charge in [0.15, 0.2) is 0 Å². The van der Waals surface area contributed by atoms with Crippen molar-refractivity contribution in [3.63, 3.8) is 0 Å². The molecule has 0 aliphatic heterocycles. The summed E-state index contributed by atoms with van der Waals surface area (Å²) in [5.41, 5.74) is 7.12. The van der Waals surface area contributed by atoms with E-state index in [1.807, 2.05) is 12.1 Å². The highest BCUT2D eigenvalue weighted by atomic mass is 16.5. The maximum atomic E-state index is 5.99. The second-order valence-corrected chi connectivity index (χ2v) is 3.77. The van der Waals surface area contributed by atoms with E-state index < -0.39 is 0 Å². The van der Waals surface area contributed by atoms with Crippen molar-refractivity contribution in [2.75, 3.05) is 7.11 Å². The second-order valence-electron chi connectivity index (χ2n) is 3.77. The Morgan fingerprint density at radius 1 is 1.56 bits per heavy atom. The zero-order valence-corrected chi connectivity index (χ0v) is 9.65. The number of hydrogen-bond acceptors (Lipinski definition) is 3. The van der Waals surface area contributed by atoms with Crippen molar-refractivity contribution in [3.8, 4) is 18.2 Å². The number of aromatic nitrogens is 1. The van der Waals surface area contributed by atoms with E-state index in [2.05, 4.69) is 10.9 Å². The van der Waals surface area contributed by atoms with E-state index in [0.29, 0.717) is 5.88 Å². The third kappa shape index (κ3) is 4.33. The number of nitrogens with two attached hydrogens (primary N) is 1. The molecule has 0 spiro atoms. The third-order valence-corrected chi connectivity index (χ3v) is 2.40. The molecule has 16 heavy (non-hydrogen) atoms. The number of rotatable bonds is 6. The van der Waals surface area contributed by atoms with Gasteiger partial charge in [-0.3, -0.25) is 0 Å². The molecule has 0 radical (unpaired) electrons. The molecule has 1 atom stereocenters. The van der Waals surface area contributed by atoms with Gasteiger partial charge in [-0.2, -0.15) is 0 Å². The van der Waals surface area contributed by atoms with E-state index in [4.69, 9.17) is 16.9 Å². The van der Waals surface area contributed by atoms with Crippen LogP contribution in [-0.4, -0.2) is 18.1 Å². The van der Waals surface area contributed by atoms with Crippen LogP contribution in [0.1, 0.15) is 24.8 Å². The minimum absolute atomic E-state index is 0.156. The van der Waals surface area contributed by atoms with Gasteiger partial charge in [-0.05, 0) is 24.8 Å². The standard InChI is InChI=1S/C13H18N2O/c1-3-4-5-6-12(14)9-11-7-8-13(16-2)15-10-11/h1,7-8,10,12H,4-6,9,14H2,2H3. The van der Waals surface area contributed by atoms with Crippen LogP contribution in [0.2, 0.25) is 0 Å². The minimum atomic E-state index is 0.156. The van der Waals surface area contributed by atoms with Crippen LogP contribution in [0, 0.1) is 12.3 Å². The van der Waals surface area contributed by atoms with Gasteiger partial charge in [0, 0.05) is 24.7 Å². The fourth-order valence-corrected chi connectivity index (χ4v) is 1.52. The molecule has 0 fully saturated rings. The number of nitrogens with zero attached hydrogens (tertiary/aromatic N) is 1. The summed E-state index contributed by atoms with van der Waals surface area (Å²) in [6, 6.07) is 4.00. The predicted molar refractivity (Wildman–Crippen MR) is 65.2 cm³/mol. The lowest BCUT2D eigenvalue weighted by atomic mass is 10.0. The fourth-order valence-electron chi connectivity index (χ4n) is 1.52. The molecule has 3 heteroatoms. The lowest BCUT2D eigenvalue weighted by Crippen LogP contribution is -2.22. The summed E-state index contributed by atoms with van der Waals surface area (Å²) in [6.45, 7) is 0. The molecular formula is C13H18N2O. The molecule has 0 aliphatic rings. The van der Waals surface area contributed by atoms with Crippen LogP contribution >= 0.6 is 0 Å². The van der Waals surface area contributed by atoms with Gasteiger partial charge in [0.25, 0.3) is 0 Å². The predicted octanol–water partition coefficient (Wildman–Crippen LogP) is 1.76. The van der Waals surface area contributed by atoms with Gasteiger partial charge in [-0.15, -0.1) is 12.3 Å².